The molecule has 0 amide bonds. The summed E-state index contributed by atoms with van der Waals surface area (Å²) in [5.41, 5.74) is 5.54. The number of aromatic nitrogens is 4. The van der Waals surface area contributed by atoms with Crippen molar-refractivity contribution in [1.82, 2.24) is 19.9 Å². The van der Waals surface area contributed by atoms with E-state index in [9.17, 15) is 10.2 Å². The van der Waals surface area contributed by atoms with E-state index >= 15 is 0 Å². The third-order valence-electron chi connectivity index (χ3n) is 7.81. The third kappa shape index (κ3) is 4.67. The molecule has 1 aliphatic rings. The zero-order chi connectivity index (χ0) is 27.8. The molecule has 3 aromatic heterocycles. The molecule has 8 nitrogen and oxygen atoms in total. The van der Waals surface area contributed by atoms with Crippen LogP contribution in [0.3, 0.4) is 0 Å². The lowest BCUT2D eigenvalue weighted by Gasteiger charge is -2.25. The van der Waals surface area contributed by atoms with Crippen LogP contribution in [-0.2, 0) is 0 Å². The van der Waals surface area contributed by atoms with Crippen molar-refractivity contribution >= 4 is 45.3 Å². The molecule has 8 heteroatoms. The third-order valence-corrected chi connectivity index (χ3v) is 7.81. The Kier molecular flexibility index (Phi) is 6.35. The van der Waals surface area contributed by atoms with E-state index in [1.807, 2.05) is 48.5 Å². The molecule has 3 aromatic carbocycles. The Morgan fingerprint density at radius 1 is 0.707 bits per heavy atom. The number of imidazole rings is 1. The smallest absolute Gasteiger partial charge is 0.138 e. The topological polar surface area (TPSA) is 120 Å². The van der Waals surface area contributed by atoms with Crippen molar-refractivity contribution in [3.63, 3.8) is 0 Å². The highest BCUT2D eigenvalue weighted by atomic mass is 16.3. The molecular weight excluding hydrogens is 512 g/mol. The number of aliphatic imine (C=N–C) groups is 2. The molecule has 7 rings (SSSR count). The van der Waals surface area contributed by atoms with E-state index < -0.39 is 0 Å². The first-order valence-corrected chi connectivity index (χ1v) is 13.8. The van der Waals surface area contributed by atoms with Crippen molar-refractivity contribution in [3.8, 4) is 22.9 Å². The number of benzene rings is 3. The highest BCUT2D eigenvalue weighted by Gasteiger charge is 2.23. The quantitative estimate of drug-likeness (QED) is 0.168. The summed E-state index contributed by atoms with van der Waals surface area (Å²) in [6.45, 7) is 0. The minimum atomic E-state index is -0.00200. The molecule has 0 saturated heterocycles. The number of phenols is 2. The standard InChI is InChI=1S/C33H28N6O2/c40-27-12-4-1-7-21(27)18-36-25-10-2-3-11-26(25)37-19-22-17-20(13-14-28(22)41)33-38-31-23-8-5-15-34-29(23)30-24(32(31)39-33)9-6-16-35-30/h1,4-9,12-19,25-26,40-41H,2-3,10-11H2,(H,38,39). The number of nitrogens with zero attached hydrogens (tertiary/aromatic N) is 5. The number of pyridine rings is 2. The van der Waals surface area contributed by atoms with Gasteiger partial charge in [-0.15, -0.1) is 0 Å². The predicted molar refractivity (Wildman–Crippen MR) is 163 cm³/mol. The van der Waals surface area contributed by atoms with Crippen LogP contribution in [0.1, 0.15) is 36.8 Å². The summed E-state index contributed by atoms with van der Waals surface area (Å²) < 4.78 is 0. The molecule has 2 atom stereocenters. The van der Waals surface area contributed by atoms with E-state index in [0.29, 0.717) is 17.0 Å². The minimum Gasteiger partial charge on any atom is -0.507 e. The molecule has 6 aromatic rings. The van der Waals surface area contributed by atoms with Crippen molar-refractivity contribution in [3.05, 3.63) is 90.3 Å². The summed E-state index contributed by atoms with van der Waals surface area (Å²) in [5, 5.41) is 22.7. The Hall–Kier alpha value is -5.11. The molecule has 1 fully saturated rings. The fourth-order valence-corrected chi connectivity index (χ4v) is 5.67. The Balaban J connectivity index is 1.22. The Morgan fingerprint density at radius 3 is 2.12 bits per heavy atom. The maximum Gasteiger partial charge on any atom is 0.138 e. The monoisotopic (exact) mass is 540 g/mol. The number of fused-ring (bicyclic) bond motifs is 6. The molecule has 0 bridgehead atoms. The molecule has 202 valence electrons. The van der Waals surface area contributed by atoms with E-state index in [1.54, 1.807) is 43.0 Å². The first-order valence-electron chi connectivity index (χ1n) is 13.8. The van der Waals surface area contributed by atoms with Gasteiger partial charge < -0.3 is 15.2 Å². The zero-order valence-corrected chi connectivity index (χ0v) is 22.3. The van der Waals surface area contributed by atoms with Gasteiger partial charge in [0.05, 0.1) is 34.2 Å². The van der Waals surface area contributed by atoms with E-state index in [0.717, 1.165) is 64.1 Å². The lowest BCUT2D eigenvalue weighted by Crippen LogP contribution is -2.27. The van der Waals surface area contributed by atoms with E-state index in [2.05, 4.69) is 15.0 Å². The average Bonchev–Trinajstić information content (AvgIpc) is 3.47. The fraction of sp³-hybridized carbons (Fsp3) is 0.182. The van der Waals surface area contributed by atoms with Crippen LogP contribution < -0.4 is 0 Å². The fourth-order valence-electron chi connectivity index (χ4n) is 5.67. The average molecular weight is 541 g/mol. The molecular formula is C33H28N6O2. The van der Waals surface area contributed by atoms with Crippen LogP contribution in [0.25, 0.3) is 44.2 Å². The number of para-hydroxylation sites is 1. The van der Waals surface area contributed by atoms with Crippen molar-refractivity contribution in [1.29, 1.82) is 0 Å². The van der Waals surface area contributed by atoms with Crippen LogP contribution in [-0.4, -0.2) is 54.7 Å². The normalized spacial score (nSPS) is 17.9. The van der Waals surface area contributed by atoms with Gasteiger partial charge in [0.15, 0.2) is 0 Å². The Labute approximate surface area is 236 Å². The summed E-state index contributed by atoms with van der Waals surface area (Å²) in [6, 6.07) is 20.5. The van der Waals surface area contributed by atoms with Gasteiger partial charge in [0.1, 0.15) is 17.3 Å². The van der Waals surface area contributed by atoms with Gasteiger partial charge in [0.25, 0.3) is 0 Å². The Bertz CT molecular complexity index is 1890. The maximum absolute atomic E-state index is 10.7. The van der Waals surface area contributed by atoms with Gasteiger partial charge in [-0.05, 0) is 67.4 Å². The maximum atomic E-state index is 10.7. The summed E-state index contributed by atoms with van der Waals surface area (Å²) in [6.07, 6.45) is 11.1. The van der Waals surface area contributed by atoms with Crippen molar-refractivity contribution < 1.29 is 10.2 Å². The van der Waals surface area contributed by atoms with Gasteiger partial charge in [-0.3, -0.25) is 20.0 Å². The van der Waals surface area contributed by atoms with Gasteiger partial charge in [0, 0.05) is 52.3 Å². The summed E-state index contributed by atoms with van der Waals surface area (Å²) >= 11 is 0. The van der Waals surface area contributed by atoms with Crippen LogP contribution in [0.5, 0.6) is 11.5 Å². The SMILES string of the molecule is Oc1ccccc1C=NC1CCCCC1N=Cc1cc(-c2nc3c4cccnc4c4ncccc4c3[nH]2)ccc1O. The summed E-state index contributed by atoms with van der Waals surface area (Å²) in [4.78, 5) is 27.3. The molecule has 1 saturated carbocycles. The highest BCUT2D eigenvalue weighted by molar-refractivity contribution is 6.21. The minimum absolute atomic E-state index is 0.00200. The highest BCUT2D eigenvalue weighted by Crippen LogP contribution is 2.34. The lowest BCUT2D eigenvalue weighted by molar-refractivity contribution is 0.390. The van der Waals surface area contributed by atoms with E-state index in [-0.39, 0.29) is 23.6 Å². The second kappa shape index (κ2) is 10.5. The van der Waals surface area contributed by atoms with Crippen molar-refractivity contribution in [2.75, 3.05) is 0 Å². The molecule has 3 heterocycles. The second-order valence-electron chi connectivity index (χ2n) is 10.4. The number of nitrogens with one attached hydrogen (secondary N) is 1. The van der Waals surface area contributed by atoms with E-state index in [1.165, 1.54) is 0 Å². The van der Waals surface area contributed by atoms with Crippen molar-refractivity contribution in [2.45, 2.75) is 37.8 Å². The molecule has 2 unspecified atom stereocenters. The van der Waals surface area contributed by atoms with Gasteiger partial charge in [-0.1, -0.05) is 25.0 Å². The first-order chi connectivity index (χ1) is 20.2. The van der Waals surface area contributed by atoms with Gasteiger partial charge in [-0.2, -0.15) is 0 Å². The van der Waals surface area contributed by atoms with Crippen LogP contribution in [0.15, 0.2) is 89.1 Å². The number of aromatic amines is 1. The summed E-state index contributed by atoms with van der Waals surface area (Å²) in [5.74, 6) is 1.06. The van der Waals surface area contributed by atoms with Crippen LogP contribution in [0, 0.1) is 0 Å². The van der Waals surface area contributed by atoms with Gasteiger partial charge in [0.2, 0.25) is 0 Å². The number of H-pyrrole nitrogens is 1. The number of hydrogen-bond acceptors (Lipinski definition) is 7. The molecule has 0 spiro atoms. The zero-order valence-electron chi connectivity index (χ0n) is 22.3. The number of hydrogen-bond donors (Lipinski definition) is 3. The lowest BCUT2D eigenvalue weighted by atomic mass is 9.91. The number of phenolic OH excluding ortho intramolecular Hbond substituents is 2. The van der Waals surface area contributed by atoms with Gasteiger partial charge >= 0.3 is 0 Å². The van der Waals surface area contributed by atoms with Crippen LogP contribution in [0.2, 0.25) is 0 Å². The molecule has 41 heavy (non-hydrogen) atoms. The molecule has 0 aliphatic heterocycles. The number of aromatic hydroxyl groups is 2. The second-order valence-corrected chi connectivity index (χ2v) is 10.4. The van der Waals surface area contributed by atoms with Gasteiger partial charge in [-0.25, -0.2) is 4.98 Å². The molecule has 3 N–H and O–H groups in total. The number of rotatable bonds is 5. The molecule has 1 aliphatic carbocycles. The van der Waals surface area contributed by atoms with Crippen LogP contribution >= 0.6 is 0 Å². The largest absolute Gasteiger partial charge is 0.507 e. The van der Waals surface area contributed by atoms with Crippen LogP contribution in [0.4, 0.5) is 0 Å². The predicted octanol–water partition coefficient (Wildman–Crippen LogP) is 6.59. The summed E-state index contributed by atoms with van der Waals surface area (Å²) in [7, 11) is 0. The van der Waals surface area contributed by atoms with Crippen molar-refractivity contribution in [2.24, 2.45) is 9.98 Å². The first kappa shape index (κ1) is 24.9. The molecule has 0 radical (unpaired) electrons. The Morgan fingerprint density at radius 2 is 1.37 bits per heavy atom. The van der Waals surface area contributed by atoms with E-state index in [4.69, 9.17) is 15.0 Å².